The molecule has 0 saturated carbocycles. The number of hydrogen-bond donors (Lipinski definition) is 11. The molecule has 0 aliphatic rings. The largest absolute Gasteiger partial charge is 0.508 e. The fourth-order valence-electron chi connectivity index (χ4n) is 9.62. The van der Waals surface area contributed by atoms with Crippen LogP contribution in [0.4, 0.5) is 0 Å². The van der Waals surface area contributed by atoms with E-state index < -0.39 is 11.9 Å². The van der Waals surface area contributed by atoms with Crippen LogP contribution < -0.4 is 9.47 Å². The van der Waals surface area contributed by atoms with Crippen molar-refractivity contribution in [3.8, 4) is 23.0 Å². The summed E-state index contributed by atoms with van der Waals surface area (Å²) in [5, 5.41) is 67.6. The van der Waals surface area contributed by atoms with Crippen molar-refractivity contribution in [3.05, 3.63) is 225 Å². The predicted octanol–water partition coefficient (Wildman–Crippen LogP) is 10.4. The van der Waals surface area contributed by atoms with Gasteiger partial charge in [-0.05, 0) is 165 Å². The van der Waals surface area contributed by atoms with Gasteiger partial charge in [0.25, 0.3) is 0 Å². The van der Waals surface area contributed by atoms with Crippen molar-refractivity contribution in [1.29, 1.82) is 0 Å². The van der Waals surface area contributed by atoms with Gasteiger partial charge in [0, 0.05) is 90.4 Å². The predicted molar refractivity (Wildman–Crippen MR) is 345 cm³/mol. The molecule has 4 heterocycles. The second kappa shape index (κ2) is 33.7. The molecule has 0 saturated heterocycles. The van der Waals surface area contributed by atoms with E-state index >= 15 is 0 Å². The van der Waals surface area contributed by atoms with Gasteiger partial charge in [-0.2, -0.15) is 0 Å². The highest BCUT2D eigenvalue weighted by Gasteiger charge is 2.14. The Morgan fingerprint density at radius 2 is 0.717 bits per heavy atom. The van der Waals surface area contributed by atoms with Crippen molar-refractivity contribution in [2.24, 2.45) is 0 Å². The molecule has 0 fully saturated rings. The number of nitrogens with one attached hydrogen (secondary N) is 4. The van der Waals surface area contributed by atoms with Gasteiger partial charge in [0.15, 0.2) is 0 Å². The average molecular weight is 1320 g/mol. The lowest BCUT2D eigenvalue weighted by atomic mass is 10.1. The van der Waals surface area contributed by atoms with Crippen molar-refractivity contribution >= 4 is 102 Å². The fourth-order valence-corrected chi connectivity index (χ4v) is 9.95. The number of halogens is 1. The van der Waals surface area contributed by atoms with Crippen LogP contribution in [0.2, 0.25) is 0 Å². The smallest absolute Gasteiger partial charge is 0.310 e. The Morgan fingerprint density at radius 3 is 1.03 bits per heavy atom. The monoisotopic (exact) mass is 1320 g/mol. The number of esters is 2. The van der Waals surface area contributed by atoms with E-state index in [-0.39, 0.29) is 82.2 Å². The number of ether oxygens (including phenoxy) is 4. The zero-order chi connectivity index (χ0) is 66.3. The summed E-state index contributed by atoms with van der Waals surface area (Å²) in [6.45, 7) is 0.181. The summed E-state index contributed by atoms with van der Waals surface area (Å²) < 4.78 is 20.9. The summed E-state index contributed by atoms with van der Waals surface area (Å²) >= 11 is 3.29. The number of carbonyl (C=O) groups excluding carboxylic acids is 5. The molecule has 7 aromatic carbocycles. The highest BCUT2D eigenvalue weighted by atomic mass is 79.9. The third-order valence-corrected chi connectivity index (χ3v) is 14.6. The third kappa shape index (κ3) is 19.6. The number of phenolic OH excluding ortho intramolecular Hbond substituents is 2. The van der Waals surface area contributed by atoms with Gasteiger partial charge in [-0.3, -0.25) is 33.6 Å². The first-order valence-electron chi connectivity index (χ1n) is 28.1. The number of H-pyrrole nitrogens is 4. The first kappa shape index (κ1) is 68.6. The maximum atomic E-state index is 11.5. The highest BCUT2D eigenvalue weighted by Crippen LogP contribution is 2.29. The lowest BCUT2D eigenvalue weighted by molar-refractivity contribution is -0.140. The number of aliphatic hydroxyl groups is 3. The van der Waals surface area contributed by atoms with Crippen molar-refractivity contribution in [1.82, 2.24) is 19.9 Å². The fraction of sp³-hybridized carbons (Fsp3) is 0.174. The number of aromatic amines is 4. The van der Waals surface area contributed by atoms with Crippen molar-refractivity contribution in [2.45, 2.75) is 64.0 Å². The summed E-state index contributed by atoms with van der Waals surface area (Å²) in [5.74, 6) is -0.801. The van der Waals surface area contributed by atoms with E-state index in [1.54, 1.807) is 122 Å². The van der Waals surface area contributed by atoms with Gasteiger partial charge in [0.2, 0.25) is 0 Å². The molecule has 0 unspecified atom stereocenters. The summed E-state index contributed by atoms with van der Waals surface area (Å²) in [7, 11) is 2.72. The molecule has 0 aliphatic heterocycles. The normalized spacial score (nSPS) is 10.5. The Bertz CT molecular complexity index is 4370. The van der Waals surface area contributed by atoms with Crippen LogP contribution in [0, 0.1) is 0 Å². The van der Waals surface area contributed by atoms with E-state index in [0.717, 1.165) is 95.9 Å². The summed E-state index contributed by atoms with van der Waals surface area (Å²) in [6, 6.07) is 36.4. The molecule has 4 aromatic heterocycles. The Hall–Kier alpha value is -10.9. The molecular weight excluding hydrogens is 1250 g/mol. The van der Waals surface area contributed by atoms with Gasteiger partial charge in [0.05, 0.1) is 59.7 Å². The van der Waals surface area contributed by atoms with Crippen molar-refractivity contribution in [2.75, 3.05) is 14.2 Å². The van der Waals surface area contributed by atoms with E-state index in [1.165, 1.54) is 14.2 Å². The van der Waals surface area contributed by atoms with Crippen LogP contribution in [0.15, 0.2) is 152 Å². The number of aliphatic hydroxyl groups excluding tert-OH is 3. The molecule has 0 amide bonds. The zero-order valence-corrected chi connectivity index (χ0v) is 51.3. The second-order valence-corrected chi connectivity index (χ2v) is 21.1. The summed E-state index contributed by atoms with van der Waals surface area (Å²) in [5.41, 5.74) is 12.7. The number of alkyl halides is 1. The molecular formula is C69H65BrN4O18. The maximum absolute atomic E-state index is 11.5. The zero-order valence-electron chi connectivity index (χ0n) is 49.7. The number of hydrogen-bond acceptors (Lipinski definition) is 16. The molecule has 0 bridgehead atoms. The van der Waals surface area contributed by atoms with Crippen LogP contribution >= 0.6 is 15.9 Å². The number of fused-ring (bicyclic) bond motifs is 4. The molecule has 92 heavy (non-hydrogen) atoms. The summed E-state index contributed by atoms with van der Waals surface area (Å²) in [6.07, 6.45) is 9.41. The number of aldehydes is 3. The number of phenols is 2. The number of aliphatic carboxylic acids is 2. The Balaban J connectivity index is 0.000000169. The molecule has 0 aliphatic carbocycles. The number of carboxylic acid groups (broad SMARTS) is 2. The van der Waals surface area contributed by atoms with Crippen molar-refractivity contribution < 1.29 is 88.3 Å². The Morgan fingerprint density at radius 1 is 0.413 bits per heavy atom. The highest BCUT2D eigenvalue weighted by molar-refractivity contribution is 9.08. The van der Waals surface area contributed by atoms with E-state index in [2.05, 4.69) is 40.6 Å². The number of methoxy groups -OCH3 is 2. The molecule has 11 rings (SSSR count). The van der Waals surface area contributed by atoms with E-state index in [1.807, 2.05) is 30.3 Å². The summed E-state index contributed by atoms with van der Waals surface area (Å²) in [4.78, 5) is 88.6. The molecule has 476 valence electrons. The maximum Gasteiger partial charge on any atom is 0.310 e. The molecule has 11 aromatic rings. The molecule has 23 heteroatoms. The standard InChI is InChI=1S/C20H19NO5.C19H17NO5.C11H11NO3.C10H9NO3.C9H9BrO2/c1-25-20(24)7-16-9-21-19-3-2-17(8-18(16)19)26-12-15-5-13(10-22)4-14(6-15)11-23;21-9-12-3-13(10-22)5-14(4-12)11-25-16-1-2-18-17(7-16)15(8-20-18)6-19(23)24;1-15-11(14)4-7-6-12-10-3-2-8(13)5-9(7)10;12-7-1-2-9-8(4-7)6(5-11-9)3-10(13)14;10-4-7-1-8(5-11)3-9(2-7)6-12/h2-6,8-10,21,23H,7,11-12H2,1H3;1-5,7-9,20,22H,6,10-11H2,(H,23,24);2-3,5-6,12-13H,4H2,1H3;1-2,4-5,11-12H,3H2,(H,13,14);1-3,5,12H,4,6H2. The van der Waals surface area contributed by atoms with Crippen molar-refractivity contribution in [3.63, 3.8) is 0 Å². The first-order valence-corrected chi connectivity index (χ1v) is 29.2. The van der Waals surface area contributed by atoms with Gasteiger partial charge in [-0.1, -0.05) is 34.1 Å². The van der Waals surface area contributed by atoms with Crippen LogP contribution in [0.3, 0.4) is 0 Å². The van der Waals surface area contributed by atoms with Gasteiger partial charge in [-0.15, -0.1) is 0 Å². The van der Waals surface area contributed by atoms with Gasteiger partial charge in [0.1, 0.15) is 55.1 Å². The molecule has 0 atom stereocenters. The molecule has 22 nitrogen and oxygen atoms in total. The number of carbonyl (C=O) groups is 7. The Kier molecular flexibility index (Phi) is 25.1. The lowest BCUT2D eigenvalue weighted by Gasteiger charge is -2.09. The second-order valence-electron chi connectivity index (χ2n) is 20.6. The van der Waals surface area contributed by atoms with E-state index in [0.29, 0.717) is 55.8 Å². The van der Waals surface area contributed by atoms with Gasteiger partial charge >= 0.3 is 23.9 Å². The third-order valence-electron chi connectivity index (χ3n) is 13.9. The van der Waals surface area contributed by atoms with E-state index in [9.17, 15) is 54.0 Å². The SMILES string of the molecule is COC(=O)Cc1c[nH]c2ccc(O)cc12.COC(=O)Cc1c[nH]c2ccc(OCc3cc(C=O)cc(CO)c3)cc12.O=C(O)Cc1c[nH]c2ccc(O)cc12.O=Cc1cc(CO)cc(CBr)c1.O=Cc1cc(CO)cc(COc2ccc3[nH]cc(CC(=O)O)c3c2)c1. The minimum Gasteiger partial charge on any atom is -0.508 e. The molecule has 0 spiro atoms. The number of carboxylic acids is 2. The molecule has 11 N–H and O–H groups in total. The van der Waals surface area contributed by atoms with Crippen LogP contribution in [0.25, 0.3) is 43.6 Å². The Labute approximate surface area is 533 Å². The van der Waals surface area contributed by atoms with Crippen LogP contribution in [0.1, 0.15) is 86.7 Å². The first-order chi connectivity index (χ1) is 44.4. The van der Waals surface area contributed by atoms with Crippen LogP contribution in [-0.4, -0.2) is 113 Å². The quantitative estimate of drug-likeness (QED) is 0.0181. The molecule has 0 radical (unpaired) electrons. The minimum atomic E-state index is -0.894. The van der Waals surface area contributed by atoms with E-state index in [4.69, 9.17) is 29.5 Å². The van der Waals surface area contributed by atoms with Gasteiger partial charge in [-0.25, -0.2) is 0 Å². The van der Waals surface area contributed by atoms with Crippen LogP contribution in [-0.2, 0) is 92.7 Å². The topological polar surface area (TPSA) is 361 Å². The number of rotatable bonds is 21. The number of aromatic nitrogens is 4. The number of benzene rings is 7. The van der Waals surface area contributed by atoms with Gasteiger partial charge < -0.3 is 74.6 Å². The average Bonchev–Trinajstić information content (AvgIpc) is 1.73. The lowest BCUT2D eigenvalue weighted by Crippen LogP contribution is -2.03. The minimum absolute atomic E-state index is 0.0261. The number of aromatic hydroxyl groups is 2. The van der Waals surface area contributed by atoms with Crippen LogP contribution in [0.5, 0.6) is 23.0 Å².